The van der Waals surface area contributed by atoms with Gasteiger partial charge in [-0.15, -0.1) is 0 Å². The van der Waals surface area contributed by atoms with Crippen molar-refractivity contribution in [3.05, 3.63) is 83.7 Å². The summed E-state index contributed by atoms with van der Waals surface area (Å²) in [6.45, 7) is 0. The highest BCUT2D eigenvalue weighted by molar-refractivity contribution is 5.98. The molecule has 0 aliphatic heterocycles. The molecule has 0 spiro atoms. The highest BCUT2D eigenvalue weighted by atomic mass is 16.3. The van der Waals surface area contributed by atoms with Crippen molar-refractivity contribution < 1.29 is 9.90 Å². The molecule has 2 N–H and O–H groups in total. The van der Waals surface area contributed by atoms with Crippen LogP contribution in [0.5, 0.6) is 0 Å². The Labute approximate surface area is 139 Å². The molecular weight excluding hydrogens is 302 g/mol. The summed E-state index contributed by atoms with van der Waals surface area (Å²) in [5.41, 5.74) is 3.30. The molecule has 1 heterocycles. The Morgan fingerprint density at radius 2 is 1.92 bits per heavy atom. The molecule has 0 fully saturated rings. The van der Waals surface area contributed by atoms with Gasteiger partial charge in [-0.2, -0.15) is 5.10 Å². The van der Waals surface area contributed by atoms with Crippen LogP contribution in [0, 0.1) is 0 Å². The van der Waals surface area contributed by atoms with Gasteiger partial charge in [-0.25, -0.2) is 4.68 Å². The zero-order valence-corrected chi connectivity index (χ0v) is 13.0. The maximum Gasteiger partial charge on any atom is 0.254 e. The molecule has 0 unspecified atom stereocenters. The number of carbonyl (C=O) groups is 1. The van der Waals surface area contributed by atoms with E-state index in [1.54, 1.807) is 23.1 Å². The molecule has 0 saturated carbocycles. The highest BCUT2D eigenvalue weighted by Crippen LogP contribution is 2.31. The number of fused-ring (bicyclic) bond motifs is 1. The number of rotatable bonds is 3. The monoisotopic (exact) mass is 319 g/mol. The largest absolute Gasteiger partial charge is 0.390 e. The molecule has 2 aromatic carbocycles. The van der Waals surface area contributed by atoms with E-state index in [9.17, 15) is 9.90 Å². The van der Waals surface area contributed by atoms with Crippen molar-refractivity contribution in [2.75, 3.05) is 0 Å². The van der Waals surface area contributed by atoms with Gasteiger partial charge in [0, 0.05) is 18.8 Å². The third-order valence-corrected chi connectivity index (χ3v) is 4.39. The number of benzene rings is 2. The van der Waals surface area contributed by atoms with Crippen molar-refractivity contribution in [3.8, 4) is 5.69 Å². The quantitative estimate of drug-likeness (QED) is 0.778. The second-order valence-corrected chi connectivity index (χ2v) is 5.89. The highest BCUT2D eigenvalue weighted by Gasteiger charge is 2.32. The van der Waals surface area contributed by atoms with Crippen molar-refractivity contribution >= 4 is 5.91 Å². The van der Waals surface area contributed by atoms with Crippen molar-refractivity contribution in [2.45, 2.75) is 18.6 Å². The summed E-state index contributed by atoms with van der Waals surface area (Å²) in [4.78, 5) is 12.8. The lowest BCUT2D eigenvalue weighted by atomic mass is 10.1. The molecule has 1 aromatic heterocycles. The maximum absolute atomic E-state index is 12.8. The summed E-state index contributed by atoms with van der Waals surface area (Å²) < 4.78 is 1.66. The van der Waals surface area contributed by atoms with E-state index >= 15 is 0 Å². The minimum atomic E-state index is -0.608. The summed E-state index contributed by atoms with van der Waals surface area (Å²) in [5, 5.41) is 17.5. The Bertz CT molecular complexity index is 874. The topological polar surface area (TPSA) is 67.2 Å². The molecular formula is C19H17N3O2. The Balaban J connectivity index is 1.64. The van der Waals surface area contributed by atoms with E-state index in [-0.39, 0.29) is 11.9 Å². The van der Waals surface area contributed by atoms with Crippen LogP contribution in [0.1, 0.15) is 27.5 Å². The Morgan fingerprint density at radius 3 is 2.75 bits per heavy atom. The number of aliphatic hydroxyl groups is 1. The molecule has 5 nitrogen and oxygen atoms in total. The normalized spacial score (nSPS) is 19.0. The van der Waals surface area contributed by atoms with E-state index in [0.29, 0.717) is 17.7 Å². The van der Waals surface area contributed by atoms with E-state index in [4.69, 9.17) is 0 Å². The second kappa shape index (κ2) is 5.94. The van der Waals surface area contributed by atoms with Gasteiger partial charge in [-0.05, 0) is 29.3 Å². The average Bonchev–Trinajstić information content (AvgIpc) is 3.24. The number of nitrogens with one attached hydrogen (secondary N) is 1. The van der Waals surface area contributed by atoms with Gasteiger partial charge in [0.05, 0.1) is 23.4 Å². The fourth-order valence-electron chi connectivity index (χ4n) is 3.24. The van der Waals surface area contributed by atoms with Crippen LogP contribution in [0.4, 0.5) is 0 Å². The van der Waals surface area contributed by atoms with Crippen LogP contribution in [0.3, 0.4) is 0 Å². The minimum absolute atomic E-state index is 0.221. The minimum Gasteiger partial charge on any atom is -0.390 e. The van der Waals surface area contributed by atoms with Gasteiger partial charge in [0.25, 0.3) is 5.91 Å². The molecule has 3 aromatic rings. The summed E-state index contributed by atoms with van der Waals surface area (Å²) in [7, 11) is 0. The summed E-state index contributed by atoms with van der Waals surface area (Å²) in [6, 6.07) is 16.5. The van der Waals surface area contributed by atoms with Crippen molar-refractivity contribution in [1.82, 2.24) is 15.1 Å². The van der Waals surface area contributed by atoms with Gasteiger partial charge in [-0.1, -0.05) is 36.4 Å². The number of para-hydroxylation sites is 1. The van der Waals surface area contributed by atoms with Crippen molar-refractivity contribution in [3.63, 3.8) is 0 Å². The van der Waals surface area contributed by atoms with Gasteiger partial charge in [0.2, 0.25) is 0 Å². The SMILES string of the molecule is O=C(N[C@@H]1c2ccccc2C[C@H]1O)c1ccccc1-n1cccn1. The van der Waals surface area contributed by atoms with Crippen LogP contribution in [0.2, 0.25) is 0 Å². The van der Waals surface area contributed by atoms with Crippen LogP contribution >= 0.6 is 0 Å². The number of aromatic nitrogens is 2. The van der Waals surface area contributed by atoms with Crippen LogP contribution in [-0.4, -0.2) is 26.9 Å². The molecule has 24 heavy (non-hydrogen) atoms. The molecule has 0 bridgehead atoms. The van der Waals surface area contributed by atoms with E-state index < -0.39 is 6.10 Å². The Kier molecular flexibility index (Phi) is 3.63. The van der Waals surface area contributed by atoms with Crippen molar-refractivity contribution in [1.29, 1.82) is 0 Å². The third kappa shape index (κ3) is 2.49. The number of hydrogen-bond donors (Lipinski definition) is 2. The van der Waals surface area contributed by atoms with Crippen LogP contribution < -0.4 is 5.32 Å². The molecule has 0 saturated heterocycles. The first-order valence-corrected chi connectivity index (χ1v) is 7.90. The predicted molar refractivity (Wildman–Crippen MR) is 89.9 cm³/mol. The zero-order chi connectivity index (χ0) is 16.5. The molecule has 5 heteroatoms. The molecule has 2 atom stereocenters. The first-order valence-electron chi connectivity index (χ1n) is 7.90. The van der Waals surface area contributed by atoms with E-state index in [2.05, 4.69) is 10.4 Å². The first-order chi connectivity index (χ1) is 11.7. The van der Waals surface area contributed by atoms with E-state index in [1.807, 2.05) is 48.5 Å². The van der Waals surface area contributed by atoms with Crippen LogP contribution in [-0.2, 0) is 6.42 Å². The number of hydrogen-bond acceptors (Lipinski definition) is 3. The summed E-state index contributed by atoms with van der Waals surface area (Å²) in [5.74, 6) is -0.221. The zero-order valence-electron chi connectivity index (χ0n) is 13.0. The third-order valence-electron chi connectivity index (χ3n) is 4.39. The van der Waals surface area contributed by atoms with Gasteiger partial charge in [0.15, 0.2) is 0 Å². The van der Waals surface area contributed by atoms with Crippen molar-refractivity contribution in [2.24, 2.45) is 0 Å². The number of nitrogens with zero attached hydrogens (tertiary/aromatic N) is 2. The summed E-state index contributed by atoms with van der Waals surface area (Å²) >= 11 is 0. The molecule has 0 radical (unpaired) electrons. The lowest BCUT2D eigenvalue weighted by Gasteiger charge is -2.19. The van der Waals surface area contributed by atoms with Gasteiger partial charge < -0.3 is 10.4 Å². The molecule has 120 valence electrons. The fraction of sp³-hybridized carbons (Fsp3) is 0.158. The molecule has 1 aliphatic rings. The number of carbonyl (C=O) groups excluding carboxylic acids is 1. The van der Waals surface area contributed by atoms with Crippen LogP contribution in [0.15, 0.2) is 67.0 Å². The Morgan fingerprint density at radius 1 is 1.12 bits per heavy atom. The van der Waals surface area contributed by atoms with E-state index in [0.717, 1.165) is 11.1 Å². The fourth-order valence-corrected chi connectivity index (χ4v) is 3.24. The Hall–Kier alpha value is -2.92. The van der Waals surface area contributed by atoms with E-state index in [1.165, 1.54) is 0 Å². The standard InChI is InChI=1S/C19H17N3O2/c23-17-12-13-6-1-2-7-14(13)18(17)21-19(24)15-8-3-4-9-16(15)22-11-5-10-20-22/h1-11,17-18,23H,12H2,(H,21,24)/t17-,18-/m1/s1. The summed E-state index contributed by atoms with van der Waals surface area (Å²) in [6.07, 6.45) is 3.42. The molecule has 1 aliphatic carbocycles. The first kappa shape index (κ1) is 14.7. The lowest BCUT2D eigenvalue weighted by Crippen LogP contribution is -2.34. The predicted octanol–water partition coefficient (Wildman–Crippen LogP) is 2.26. The number of aliphatic hydroxyl groups excluding tert-OH is 1. The smallest absolute Gasteiger partial charge is 0.254 e. The van der Waals surface area contributed by atoms with Gasteiger partial charge in [-0.3, -0.25) is 4.79 Å². The molecule has 4 rings (SSSR count). The van der Waals surface area contributed by atoms with Gasteiger partial charge >= 0.3 is 0 Å². The van der Waals surface area contributed by atoms with Crippen LogP contribution in [0.25, 0.3) is 5.69 Å². The van der Waals surface area contributed by atoms with Gasteiger partial charge in [0.1, 0.15) is 0 Å². The maximum atomic E-state index is 12.8. The second-order valence-electron chi connectivity index (χ2n) is 5.89. The average molecular weight is 319 g/mol. The number of amides is 1. The lowest BCUT2D eigenvalue weighted by molar-refractivity contribution is 0.0858. The molecule has 1 amide bonds.